The molecule has 0 aliphatic heterocycles. The Kier molecular flexibility index (Phi) is 5.01. The molecule has 0 amide bonds. The van der Waals surface area contributed by atoms with E-state index < -0.39 is 0 Å². The van der Waals surface area contributed by atoms with Crippen LogP contribution in [-0.4, -0.2) is 11.7 Å². The van der Waals surface area contributed by atoms with Crippen molar-refractivity contribution < 1.29 is 9.30 Å². The van der Waals surface area contributed by atoms with Crippen molar-refractivity contribution in [2.45, 2.75) is 26.4 Å². The number of benzene rings is 3. The van der Waals surface area contributed by atoms with E-state index in [1.165, 1.54) is 37.5 Å². The summed E-state index contributed by atoms with van der Waals surface area (Å²) in [6, 6.07) is 21.6. The van der Waals surface area contributed by atoms with E-state index in [0.29, 0.717) is 0 Å². The molecular weight excluding hydrogens is 388 g/mol. The van der Waals surface area contributed by atoms with Crippen molar-refractivity contribution in [3.63, 3.8) is 0 Å². The minimum absolute atomic E-state index is 0.882. The number of nitrogens with zero attached hydrogens (tertiary/aromatic N) is 2. The molecule has 5 aromatic rings. The Bertz CT molecular complexity index is 1380. The Balaban J connectivity index is 1.45. The van der Waals surface area contributed by atoms with E-state index >= 15 is 0 Å². The van der Waals surface area contributed by atoms with E-state index in [1.54, 1.807) is 7.11 Å². The first kappa shape index (κ1) is 18.9. The van der Waals surface area contributed by atoms with Gasteiger partial charge in [0, 0.05) is 23.7 Å². The summed E-state index contributed by atoms with van der Waals surface area (Å²) in [5, 5.41) is 5.04. The number of hydrogen-bond acceptors (Lipinski definition) is 2. The van der Waals surface area contributed by atoms with Crippen LogP contribution in [0.5, 0.6) is 5.88 Å². The summed E-state index contributed by atoms with van der Waals surface area (Å²) in [5.41, 5.74) is 4.81. The highest BCUT2D eigenvalue weighted by Gasteiger charge is 2.16. The molecule has 0 radical (unpaired) electrons. The quantitative estimate of drug-likeness (QED) is 0.293. The molecule has 30 heavy (non-hydrogen) atoms. The maximum Gasteiger partial charge on any atom is 0.231 e. The number of methoxy groups -OCH3 is 1. The average Bonchev–Trinajstić information content (AvgIpc) is 3.35. The lowest BCUT2D eigenvalue weighted by Crippen LogP contribution is -2.31. The molecule has 3 aromatic carbocycles. The monoisotopic (exact) mass is 413 g/mol. The predicted molar refractivity (Wildman–Crippen MR) is 127 cm³/mol. The van der Waals surface area contributed by atoms with E-state index in [4.69, 9.17) is 4.74 Å². The van der Waals surface area contributed by atoms with Gasteiger partial charge in [-0.3, -0.25) is 0 Å². The van der Waals surface area contributed by atoms with Crippen LogP contribution in [-0.2, 0) is 13.1 Å². The zero-order valence-electron chi connectivity index (χ0n) is 17.3. The van der Waals surface area contributed by atoms with Gasteiger partial charge in [0.1, 0.15) is 4.70 Å². The second kappa shape index (κ2) is 7.96. The summed E-state index contributed by atoms with van der Waals surface area (Å²) in [6.45, 7) is 4.01. The number of ether oxygens (including phenoxy) is 1. The van der Waals surface area contributed by atoms with Crippen molar-refractivity contribution in [2.24, 2.45) is 0 Å². The van der Waals surface area contributed by atoms with Crippen LogP contribution in [0.4, 0.5) is 0 Å². The molecule has 0 spiro atoms. The van der Waals surface area contributed by atoms with Gasteiger partial charge in [-0.15, -0.1) is 0 Å². The Morgan fingerprint density at radius 1 is 0.967 bits per heavy atom. The van der Waals surface area contributed by atoms with Gasteiger partial charge in [0.25, 0.3) is 0 Å². The normalized spacial score (nSPS) is 11.9. The molecule has 0 saturated carbocycles. The first-order chi connectivity index (χ1) is 14.8. The second-order valence-electron chi connectivity index (χ2n) is 7.43. The number of rotatable bonds is 6. The molecule has 3 nitrogen and oxygen atoms in total. The van der Waals surface area contributed by atoms with Crippen LogP contribution < -0.4 is 9.30 Å². The van der Waals surface area contributed by atoms with Gasteiger partial charge in [-0.1, -0.05) is 59.9 Å². The minimum Gasteiger partial charge on any atom is -0.482 e. The first-order valence-corrected chi connectivity index (χ1v) is 11.3. The van der Waals surface area contributed by atoms with Crippen LogP contribution in [0, 0.1) is 0 Å². The van der Waals surface area contributed by atoms with Crippen LogP contribution >= 0.6 is 11.3 Å². The summed E-state index contributed by atoms with van der Waals surface area (Å²) >= 11 is 1.82. The zero-order chi connectivity index (χ0) is 20.5. The van der Waals surface area contributed by atoms with E-state index in [2.05, 4.69) is 94.4 Å². The molecule has 0 N–H and O–H groups in total. The van der Waals surface area contributed by atoms with Crippen molar-refractivity contribution in [1.29, 1.82) is 0 Å². The molecule has 2 aromatic heterocycles. The summed E-state index contributed by atoms with van der Waals surface area (Å²) < 4.78 is 11.7. The zero-order valence-corrected chi connectivity index (χ0v) is 18.2. The lowest BCUT2D eigenvalue weighted by atomic mass is 10.1. The number of aromatic nitrogens is 2. The van der Waals surface area contributed by atoms with E-state index in [9.17, 15) is 0 Å². The van der Waals surface area contributed by atoms with Crippen LogP contribution in [0.25, 0.3) is 37.8 Å². The molecule has 5 rings (SSSR count). The highest BCUT2D eigenvalue weighted by molar-refractivity contribution is 7.16. The third kappa shape index (κ3) is 3.08. The Morgan fingerprint density at radius 3 is 2.53 bits per heavy atom. The van der Waals surface area contributed by atoms with Crippen LogP contribution in [0.1, 0.15) is 19.0 Å². The summed E-state index contributed by atoms with van der Waals surface area (Å²) in [5.74, 6) is 0.942. The lowest BCUT2D eigenvalue weighted by molar-refractivity contribution is -0.665. The molecule has 0 unspecified atom stereocenters. The predicted octanol–water partition coefficient (Wildman–Crippen LogP) is 6.43. The number of fused-ring (bicyclic) bond motifs is 4. The molecule has 0 bridgehead atoms. The average molecular weight is 414 g/mol. The van der Waals surface area contributed by atoms with Crippen LogP contribution in [0.3, 0.4) is 0 Å². The standard InChI is InChI=1S/C26H25N2OS/c1-3-28-23(21-12-6-7-13-22(21)26(28)29-2)14-8-9-17-27-18-30-24-16-15-19-10-4-5-11-20(19)25(24)27/h4-8,10-16,18H,3,9,17H2,1-2H3/q+1. The fraction of sp³-hybridized carbons (Fsp3) is 0.192. The molecule has 0 aliphatic rings. The molecule has 0 saturated heterocycles. The lowest BCUT2D eigenvalue weighted by Gasteiger charge is -2.07. The van der Waals surface area contributed by atoms with Crippen molar-refractivity contribution in [1.82, 2.24) is 4.57 Å². The summed E-state index contributed by atoms with van der Waals surface area (Å²) in [4.78, 5) is 0. The topological polar surface area (TPSA) is 18.0 Å². The number of aryl methyl sites for hydroxylation is 1. The molecule has 0 atom stereocenters. The number of hydrogen-bond donors (Lipinski definition) is 0. The second-order valence-corrected chi connectivity index (χ2v) is 8.31. The maximum absolute atomic E-state index is 5.71. The van der Waals surface area contributed by atoms with Gasteiger partial charge < -0.3 is 9.30 Å². The Labute approximate surface area is 180 Å². The molecule has 0 fully saturated rings. The van der Waals surface area contributed by atoms with Gasteiger partial charge in [-0.25, -0.2) is 0 Å². The van der Waals surface area contributed by atoms with Crippen LogP contribution in [0.15, 0.2) is 72.3 Å². The first-order valence-electron chi connectivity index (χ1n) is 10.4. The molecule has 150 valence electrons. The van der Waals surface area contributed by atoms with Gasteiger partial charge in [0.05, 0.1) is 18.2 Å². The third-order valence-electron chi connectivity index (χ3n) is 5.75. The van der Waals surface area contributed by atoms with Gasteiger partial charge in [0.15, 0.2) is 6.54 Å². The van der Waals surface area contributed by atoms with Gasteiger partial charge in [-0.05, 0) is 36.6 Å². The maximum atomic E-state index is 5.71. The van der Waals surface area contributed by atoms with Crippen LogP contribution in [0.2, 0.25) is 0 Å². The Hall–Kier alpha value is -3.11. The SMILES string of the molecule is CCn1c(C=CCC[n+]2csc3ccc4ccccc4c32)c2ccccc2c1OC. The van der Waals surface area contributed by atoms with Crippen molar-refractivity contribution in [3.05, 3.63) is 77.9 Å². The molecule has 0 aliphatic carbocycles. The van der Waals surface area contributed by atoms with Gasteiger partial charge >= 0.3 is 0 Å². The van der Waals surface area contributed by atoms with Crippen molar-refractivity contribution in [3.8, 4) is 5.88 Å². The smallest absolute Gasteiger partial charge is 0.231 e. The third-order valence-corrected chi connectivity index (χ3v) is 6.69. The highest BCUT2D eigenvalue weighted by Crippen LogP contribution is 2.33. The summed E-state index contributed by atoms with van der Waals surface area (Å²) in [7, 11) is 1.75. The summed E-state index contributed by atoms with van der Waals surface area (Å²) in [6.07, 6.45) is 5.52. The minimum atomic E-state index is 0.882. The van der Waals surface area contributed by atoms with E-state index in [1.807, 2.05) is 11.3 Å². The number of allylic oxidation sites excluding steroid dienone is 1. The fourth-order valence-electron chi connectivity index (χ4n) is 4.38. The molecule has 2 heterocycles. The fourth-order valence-corrected chi connectivity index (χ4v) is 5.32. The van der Waals surface area contributed by atoms with E-state index in [-0.39, 0.29) is 0 Å². The van der Waals surface area contributed by atoms with E-state index in [0.717, 1.165) is 25.4 Å². The van der Waals surface area contributed by atoms with Gasteiger partial charge in [0.2, 0.25) is 16.9 Å². The molecule has 4 heteroatoms. The van der Waals surface area contributed by atoms with Crippen molar-refractivity contribution >= 4 is 49.2 Å². The highest BCUT2D eigenvalue weighted by atomic mass is 32.1. The Morgan fingerprint density at radius 2 is 1.73 bits per heavy atom. The largest absolute Gasteiger partial charge is 0.482 e. The molecular formula is C26H25N2OS+. The number of thiazole rings is 1. The van der Waals surface area contributed by atoms with Gasteiger partial charge in [-0.2, -0.15) is 4.57 Å². The van der Waals surface area contributed by atoms with Crippen molar-refractivity contribution in [2.75, 3.05) is 7.11 Å².